The van der Waals surface area contributed by atoms with Crippen molar-refractivity contribution < 1.29 is 14.3 Å². The van der Waals surface area contributed by atoms with Gasteiger partial charge >= 0.3 is 5.97 Å². The van der Waals surface area contributed by atoms with Crippen LogP contribution in [0, 0.1) is 0 Å². The van der Waals surface area contributed by atoms with E-state index in [2.05, 4.69) is 27.0 Å². The Morgan fingerprint density at radius 2 is 1.87 bits per heavy atom. The maximum atomic E-state index is 12.0. The SMILES string of the molecule is CCNC(=NCc1ccc(C(=O)OCC)cc1)NCC1CC(=O)Nc2ccccc21.I. The van der Waals surface area contributed by atoms with Crippen LogP contribution in [-0.4, -0.2) is 37.5 Å². The van der Waals surface area contributed by atoms with Crippen LogP contribution in [-0.2, 0) is 16.1 Å². The third-order valence-corrected chi connectivity index (χ3v) is 4.85. The zero-order chi connectivity index (χ0) is 21.3. The Bertz CT molecular complexity index is 915. The second kappa shape index (κ2) is 12.3. The average Bonchev–Trinajstić information content (AvgIpc) is 2.76. The molecule has 0 radical (unpaired) electrons. The lowest BCUT2D eigenvalue weighted by Crippen LogP contribution is -2.40. The van der Waals surface area contributed by atoms with Gasteiger partial charge in [0, 0.05) is 31.1 Å². The smallest absolute Gasteiger partial charge is 0.338 e. The molecule has 3 rings (SSSR count). The Morgan fingerprint density at radius 1 is 1.13 bits per heavy atom. The van der Waals surface area contributed by atoms with E-state index in [1.54, 1.807) is 19.1 Å². The van der Waals surface area contributed by atoms with Gasteiger partial charge in [-0.3, -0.25) is 4.79 Å². The zero-order valence-electron chi connectivity index (χ0n) is 17.8. The summed E-state index contributed by atoms with van der Waals surface area (Å²) >= 11 is 0. The molecule has 1 heterocycles. The first-order valence-corrected chi connectivity index (χ1v) is 10.3. The fourth-order valence-electron chi connectivity index (χ4n) is 3.38. The molecule has 31 heavy (non-hydrogen) atoms. The van der Waals surface area contributed by atoms with Crippen LogP contribution in [0.3, 0.4) is 0 Å². The van der Waals surface area contributed by atoms with Crippen LogP contribution >= 0.6 is 24.0 Å². The second-order valence-corrected chi connectivity index (χ2v) is 7.03. The number of aliphatic imine (C=N–C) groups is 1. The molecule has 1 aliphatic heterocycles. The number of rotatable bonds is 7. The summed E-state index contributed by atoms with van der Waals surface area (Å²) in [4.78, 5) is 28.4. The van der Waals surface area contributed by atoms with Crippen molar-refractivity contribution in [2.45, 2.75) is 32.7 Å². The highest BCUT2D eigenvalue weighted by Crippen LogP contribution is 2.31. The van der Waals surface area contributed by atoms with Crippen LogP contribution < -0.4 is 16.0 Å². The summed E-state index contributed by atoms with van der Waals surface area (Å²) in [5.41, 5.74) is 3.53. The molecule has 166 valence electrons. The Kier molecular flexibility index (Phi) is 9.77. The van der Waals surface area contributed by atoms with Gasteiger partial charge in [0.05, 0.1) is 18.7 Å². The number of nitrogens with zero attached hydrogens (tertiary/aromatic N) is 1. The standard InChI is InChI=1S/C23H28N4O3.HI/c1-3-24-23(25-14-16-9-11-17(12-10-16)22(29)30-4-2)26-15-18-13-21(28)27-20-8-6-5-7-19(18)20;/h5-12,18H,3-4,13-15H2,1-2H3,(H,27,28)(H2,24,25,26);1H. The number of carbonyl (C=O) groups is 2. The van der Waals surface area contributed by atoms with Gasteiger partial charge in [-0.1, -0.05) is 30.3 Å². The van der Waals surface area contributed by atoms with Crippen molar-refractivity contribution >= 4 is 47.5 Å². The molecular formula is C23H29IN4O3. The van der Waals surface area contributed by atoms with Gasteiger partial charge in [0.1, 0.15) is 0 Å². The van der Waals surface area contributed by atoms with Crippen molar-refractivity contribution in [3.05, 3.63) is 65.2 Å². The lowest BCUT2D eigenvalue weighted by Gasteiger charge is -2.26. The molecule has 1 aliphatic rings. The van der Waals surface area contributed by atoms with Gasteiger partial charge in [-0.05, 0) is 43.2 Å². The molecule has 0 spiro atoms. The number of fused-ring (bicyclic) bond motifs is 1. The van der Waals surface area contributed by atoms with E-state index in [9.17, 15) is 9.59 Å². The molecule has 1 atom stereocenters. The number of para-hydroxylation sites is 1. The topological polar surface area (TPSA) is 91.8 Å². The monoisotopic (exact) mass is 536 g/mol. The Labute approximate surface area is 200 Å². The van der Waals surface area contributed by atoms with Gasteiger partial charge in [0.25, 0.3) is 0 Å². The number of hydrogen-bond acceptors (Lipinski definition) is 4. The fraction of sp³-hybridized carbons (Fsp3) is 0.348. The van der Waals surface area contributed by atoms with Crippen LogP contribution in [0.1, 0.15) is 47.7 Å². The van der Waals surface area contributed by atoms with Crippen molar-refractivity contribution in [1.29, 1.82) is 0 Å². The average molecular weight is 536 g/mol. The fourth-order valence-corrected chi connectivity index (χ4v) is 3.38. The van der Waals surface area contributed by atoms with Crippen molar-refractivity contribution in [3.8, 4) is 0 Å². The summed E-state index contributed by atoms with van der Waals surface area (Å²) in [5, 5.41) is 9.52. The van der Waals surface area contributed by atoms with E-state index in [1.807, 2.05) is 37.3 Å². The highest BCUT2D eigenvalue weighted by Gasteiger charge is 2.24. The molecule has 2 aromatic rings. The van der Waals surface area contributed by atoms with Crippen LogP contribution in [0.5, 0.6) is 0 Å². The molecule has 3 N–H and O–H groups in total. The minimum atomic E-state index is -0.320. The zero-order valence-corrected chi connectivity index (χ0v) is 20.1. The minimum Gasteiger partial charge on any atom is -0.462 e. The second-order valence-electron chi connectivity index (χ2n) is 7.03. The molecule has 1 unspecified atom stereocenters. The highest BCUT2D eigenvalue weighted by molar-refractivity contribution is 14.0. The normalized spacial score (nSPS) is 15.2. The number of ether oxygens (including phenoxy) is 1. The summed E-state index contributed by atoms with van der Waals surface area (Å²) in [5.74, 6) is 0.488. The number of carbonyl (C=O) groups excluding carboxylic acids is 2. The number of hydrogen-bond donors (Lipinski definition) is 3. The van der Waals surface area contributed by atoms with Crippen molar-refractivity contribution in [3.63, 3.8) is 0 Å². The third-order valence-electron chi connectivity index (χ3n) is 4.85. The number of anilines is 1. The molecule has 0 aliphatic carbocycles. The first-order chi connectivity index (χ1) is 14.6. The molecule has 0 aromatic heterocycles. The van der Waals surface area contributed by atoms with Gasteiger partial charge in [-0.15, -0.1) is 24.0 Å². The van der Waals surface area contributed by atoms with Gasteiger partial charge in [0.2, 0.25) is 5.91 Å². The van der Waals surface area contributed by atoms with Gasteiger partial charge in [0.15, 0.2) is 5.96 Å². The summed E-state index contributed by atoms with van der Waals surface area (Å²) < 4.78 is 5.01. The van der Waals surface area contributed by atoms with Gasteiger partial charge in [-0.25, -0.2) is 9.79 Å². The number of benzene rings is 2. The first kappa shape index (κ1) is 24.6. The Morgan fingerprint density at radius 3 is 2.58 bits per heavy atom. The predicted molar refractivity (Wildman–Crippen MR) is 133 cm³/mol. The van der Waals surface area contributed by atoms with Crippen molar-refractivity contribution in [2.24, 2.45) is 4.99 Å². The van der Waals surface area contributed by atoms with E-state index in [4.69, 9.17) is 4.74 Å². The van der Waals surface area contributed by atoms with Crippen LogP contribution in [0.15, 0.2) is 53.5 Å². The Hall–Kier alpha value is -2.62. The largest absolute Gasteiger partial charge is 0.462 e. The predicted octanol–water partition coefficient (Wildman–Crippen LogP) is 3.66. The van der Waals surface area contributed by atoms with Crippen molar-refractivity contribution in [1.82, 2.24) is 10.6 Å². The summed E-state index contributed by atoms with van der Waals surface area (Å²) in [6.07, 6.45) is 0.443. The van der Waals surface area contributed by atoms with E-state index in [1.165, 1.54) is 0 Å². The van der Waals surface area contributed by atoms with Crippen molar-refractivity contribution in [2.75, 3.05) is 25.0 Å². The summed E-state index contributed by atoms with van der Waals surface area (Å²) in [6.45, 7) is 5.96. The van der Waals surface area contributed by atoms with E-state index in [-0.39, 0.29) is 41.8 Å². The van der Waals surface area contributed by atoms with Crippen LogP contribution in [0.2, 0.25) is 0 Å². The minimum absolute atomic E-state index is 0. The number of nitrogens with one attached hydrogen (secondary N) is 3. The molecule has 0 saturated heterocycles. The number of amides is 1. The van der Waals surface area contributed by atoms with Gasteiger partial charge in [-0.2, -0.15) is 0 Å². The molecule has 0 saturated carbocycles. The molecule has 0 fully saturated rings. The molecule has 0 bridgehead atoms. The summed E-state index contributed by atoms with van der Waals surface area (Å²) in [6, 6.07) is 15.1. The molecule has 2 aromatic carbocycles. The van der Waals surface area contributed by atoms with E-state index in [0.717, 1.165) is 23.4 Å². The molecular weight excluding hydrogens is 507 g/mol. The van der Waals surface area contributed by atoms with Gasteiger partial charge < -0.3 is 20.7 Å². The number of guanidine groups is 1. The maximum Gasteiger partial charge on any atom is 0.338 e. The highest BCUT2D eigenvalue weighted by atomic mass is 127. The van der Waals surface area contributed by atoms with E-state index in [0.29, 0.717) is 37.6 Å². The van der Waals surface area contributed by atoms with Crippen LogP contribution in [0.25, 0.3) is 0 Å². The lowest BCUT2D eigenvalue weighted by molar-refractivity contribution is -0.116. The van der Waals surface area contributed by atoms with E-state index >= 15 is 0 Å². The molecule has 8 heteroatoms. The molecule has 7 nitrogen and oxygen atoms in total. The summed E-state index contributed by atoms with van der Waals surface area (Å²) in [7, 11) is 0. The quantitative estimate of drug-likeness (QED) is 0.218. The number of halogens is 1. The first-order valence-electron chi connectivity index (χ1n) is 10.3. The van der Waals surface area contributed by atoms with Crippen LogP contribution in [0.4, 0.5) is 5.69 Å². The Balaban J connectivity index is 0.00000341. The third kappa shape index (κ3) is 6.95. The van der Waals surface area contributed by atoms with E-state index < -0.39 is 0 Å². The maximum absolute atomic E-state index is 12.0. The lowest BCUT2D eigenvalue weighted by atomic mass is 9.90. The number of esters is 1. The molecule has 1 amide bonds.